The summed E-state index contributed by atoms with van der Waals surface area (Å²) in [6, 6.07) is 6.68. The van der Waals surface area contributed by atoms with Crippen LogP contribution in [0.1, 0.15) is 36.0 Å². The third kappa shape index (κ3) is 3.68. The van der Waals surface area contributed by atoms with Gasteiger partial charge in [-0.15, -0.1) is 12.4 Å². The van der Waals surface area contributed by atoms with Gasteiger partial charge in [0, 0.05) is 12.0 Å². The van der Waals surface area contributed by atoms with Crippen LogP contribution < -0.4 is 16.8 Å². The lowest BCUT2D eigenvalue weighted by atomic mass is 9.75. The predicted molar refractivity (Wildman–Crippen MR) is 76.2 cm³/mol. The second kappa shape index (κ2) is 6.04. The Hall–Kier alpha value is -1.59. The van der Waals surface area contributed by atoms with Crippen molar-refractivity contribution in [3.63, 3.8) is 0 Å². The Morgan fingerprint density at radius 1 is 1.26 bits per heavy atom. The number of nitrogens with two attached hydrogens (primary N) is 2. The molecule has 2 rings (SSSR count). The summed E-state index contributed by atoms with van der Waals surface area (Å²) in [7, 11) is 0. The third-order valence-corrected chi connectivity index (χ3v) is 3.33. The SMILES string of the molecule is Cl.NC(=O)c1ccccc1NC(=O)CC1(N)CCC1. The van der Waals surface area contributed by atoms with E-state index in [9.17, 15) is 9.59 Å². The van der Waals surface area contributed by atoms with Crippen molar-refractivity contribution in [1.82, 2.24) is 0 Å². The van der Waals surface area contributed by atoms with E-state index in [-0.39, 0.29) is 30.3 Å². The fourth-order valence-corrected chi connectivity index (χ4v) is 2.13. The molecule has 0 aliphatic heterocycles. The zero-order chi connectivity index (χ0) is 13.2. The standard InChI is InChI=1S/C13H17N3O2.ClH/c14-12(18)9-4-1-2-5-10(9)16-11(17)8-13(15)6-3-7-13;/h1-2,4-5H,3,6-8,15H2,(H2,14,18)(H,16,17);1H. The van der Waals surface area contributed by atoms with Crippen LogP contribution in [0.3, 0.4) is 0 Å². The number of primary amides is 1. The lowest BCUT2D eigenvalue weighted by Gasteiger charge is -2.37. The van der Waals surface area contributed by atoms with Crippen molar-refractivity contribution in [2.75, 3.05) is 5.32 Å². The first kappa shape index (κ1) is 15.5. The van der Waals surface area contributed by atoms with Crippen LogP contribution in [0, 0.1) is 0 Å². The number of carbonyl (C=O) groups excluding carboxylic acids is 2. The number of halogens is 1. The summed E-state index contributed by atoms with van der Waals surface area (Å²) in [5.74, 6) is -0.733. The van der Waals surface area contributed by atoms with Gasteiger partial charge >= 0.3 is 0 Å². The number of para-hydroxylation sites is 1. The minimum Gasteiger partial charge on any atom is -0.366 e. The smallest absolute Gasteiger partial charge is 0.250 e. The summed E-state index contributed by atoms with van der Waals surface area (Å²) in [5.41, 5.74) is 11.6. The number of hydrogen-bond acceptors (Lipinski definition) is 3. The van der Waals surface area contributed by atoms with Gasteiger partial charge in [-0.25, -0.2) is 0 Å². The second-order valence-electron chi connectivity index (χ2n) is 4.85. The van der Waals surface area contributed by atoms with Gasteiger partial charge in [0.25, 0.3) is 5.91 Å². The average Bonchev–Trinajstić information content (AvgIpc) is 2.27. The van der Waals surface area contributed by atoms with E-state index in [1.807, 2.05) is 0 Å². The molecule has 0 bridgehead atoms. The molecule has 0 radical (unpaired) electrons. The van der Waals surface area contributed by atoms with Crippen LogP contribution in [-0.2, 0) is 4.79 Å². The fourth-order valence-electron chi connectivity index (χ4n) is 2.13. The van der Waals surface area contributed by atoms with Gasteiger partial charge in [-0.2, -0.15) is 0 Å². The van der Waals surface area contributed by atoms with Crippen molar-refractivity contribution in [1.29, 1.82) is 0 Å². The normalized spacial score (nSPS) is 15.8. The van der Waals surface area contributed by atoms with Crippen LogP contribution >= 0.6 is 12.4 Å². The molecule has 0 aromatic heterocycles. The van der Waals surface area contributed by atoms with Gasteiger partial charge in [-0.05, 0) is 31.4 Å². The molecule has 0 unspecified atom stereocenters. The number of nitrogens with one attached hydrogen (secondary N) is 1. The number of amides is 2. The van der Waals surface area contributed by atoms with Gasteiger partial charge in [-0.3, -0.25) is 9.59 Å². The maximum absolute atomic E-state index is 11.9. The van der Waals surface area contributed by atoms with Gasteiger partial charge in [-0.1, -0.05) is 12.1 Å². The minimum absolute atomic E-state index is 0. The maximum Gasteiger partial charge on any atom is 0.250 e. The lowest BCUT2D eigenvalue weighted by Crippen LogP contribution is -2.49. The Bertz CT molecular complexity index is 487. The Kier molecular flexibility index (Phi) is 4.91. The Morgan fingerprint density at radius 2 is 1.89 bits per heavy atom. The van der Waals surface area contributed by atoms with Crippen LogP contribution in [0.5, 0.6) is 0 Å². The zero-order valence-electron chi connectivity index (χ0n) is 10.5. The molecule has 0 atom stereocenters. The highest BCUT2D eigenvalue weighted by Crippen LogP contribution is 2.32. The minimum atomic E-state index is -0.558. The number of carbonyl (C=O) groups is 2. The molecule has 1 fully saturated rings. The van der Waals surface area contributed by atoms with Crippen molar-refractivity contribution < 1.29 is 9.59 Å². The summed E-state index contributed by atoms with van der Waals surface area (Å²) in [4.78, 5) is 23.1. The Morgan fingerprint density at radius 3 is 2.42 bits per heavy atom. The first-order chi connectivity index (χ1) is 8.50. The second-order valence-corrected chi connectivity index (χ2v) is 4.85. The highest BCUT2D eigenvalue weighted by Gasteiger charge is 2.34. The summed E-state index contributed by atoms with van der Waals surface area (Å²) in [5, 5.41) is 2.70. The molecule has 5 nitrogen and oxygen atoms in total. The van der Waals surface area contributed by atoms with E-state index in [4.69, 9.17) is 11.5 Å². The molecule has 6 heteroatoms. The summed E-state index contributed by atoms with van der Waals surface area (Å²) in [6.07, 6.45) is 3.09. The molecule has 2 amide bonds. The first-order valence-electron chi connectivity index (χ1n) is 5.98. The van der Waals surface area contributed by atoms with Gasteiger partial charge < -0.3 is 16.8 Å². The van der Waals surface area contributed by atoms with Crippen LogP contribution in [0.4, 0.5) is 5.69 Å². The summed E-state index contributed by atoms with van der Waals surface area (Å²) < 4.78 is 0. The van der Waals surface area contributed by atoms with Crippen molar-refractivity contribution >= 4 is 29.9 Å². The maximum atomic E-state index is 11.9. The molecule has 0 saturated heterocycles. The molecular weight excluding hydrogens is 266 g/mol. The fraction of sp³-hybridized carbons (Fsp3) is 0.385. The van der Waals surface area contributed by atoms with E-state index in [1.165, 1.54) is 0 Å². The van der Waals surface area contributed by atoms with Gasteiger partial charge in [0.1, 0.15) is 0 Å². The number of anilines is 1. The third-order valence-electron chi connectivity index (χ3n) is 3.33. The molecule has 0 spiro atoms. The van der Waals surface area contributed by atoms with Gasteiger partial charge in [0.15, 0.2) is 0 Å². The van der Waals surface area contributed by atoms with Crippen LogP contribution in [-0.4, -0.2) is 17.4 Å². The van der Waals surface area contributed by atoms with Crippen LogP contribution in [0.15, 0.2) is 24.3 Å². The van der Waals surface area contributed by atoms with Crippen molar-refractivity contribution in [2.45, 2.75) is 31.2 Å². The molecular formula is C13H18ClN3O2. The van der Waals surface area contributed by atoms with E-state index >= 15 is 0 Å². The van der Waals surface area contributed by atoms with E-state index < -0.39 is 5.91 Å². The van der Waals surface area contributed by atoms with Crippen LogP contribution in [0.25, 0.3) is 0 Å². The molecule has 1 saturated carbocycles. The molecule has 1 aliphatic carbocycles. The molecule has 19 heavy (non-hydrogen) atoms. The number of hydrogen-bond donors (Lipinski definition) is 3. The monoisotopic (exact) mass is 283 g/mol. The van der Waals surface area contributed by atoms with Crippen molar-refractivity contribution in [3.8, 4) is 0 Å². The first-order valence-corrected chi connectivity index (χ1v) is 5.98. The molecule has 1 aliphatic rings. The Balaban J connectivity index is 0.00000180. The summed E-state index contributed by atoms with van der Waals surface area (Å²) in [6.45, 7) is 0. The van der Waals surface area contributed by atoms with Crippen LogP contribution in [0.2, 0.25) is 0 Å². The largest absolute Gasteiger partial charge is 0.366 e. The zero-order valence-corrected chi connectivity index (χ0v) is 11.3. The lowest BCUT2D eigenvalue weighted by molar-refractivity contribution is -0.118. The van der Waals surface area contributed by atoms with Crippen molar-refractivity contribution in [3.05, 3.63) is 29.8 Å². The van der Waals surface area contributed by atoms with Gasteiger partial charge in [0.05, 0.1) is 11.3 Å². The molecule has 104 valence electrons. The molecule has 1 aromatic rings. The molecule has 5 N–H and O–H groups in total. The predicted octanol–water partition coefficient (Wildman–Crippen LogP) is 1.42. The topological polar surface area (TPSA) is 98.2 Å². The number of benzene rings is 1. The van der Waals surface area contributed by atoms with E-state index in [0.29, 0.717) is 11.3 Å². The van der Waals surface area contributed by atoms with Gasteiger partial charge in [0.2, 0.25) is 5.91 Å². The quantitative estimate of drug-likeness (QED) is 0.779. The van der Waals surface area contributed by atoms with E-state index in [2.05, 4.69) is 5.32 Å². The van der Waals surface area contributed by atoms with E-state index in [1.54, 1.807) is 24.3 Å². The number of rotatable bonds is 4. The Labute approximate surface area is 118 Å². The van der Waals surface area contributed by atoms with Crippen molar-refractivity contribution in [2.24, 2.45) is 11.5 Å². The summed E-state index contributed by atoms with van der Waals surface area (Å²) >= 11 is 0. The molecule has 0 heterocycles. The van der Waals surface area contributed by atoms with E-state index in [0.717, 1.165) is 19.3 Å². The highest BCUT2D eigenvalue weighted by molar-refractivity contribution is 6.03. The highest BCUT2D eigenvalue weighted by atomic mass is 35.5. The molecule has 1 aromatic carbocycles. The average molecular weight is 284 g/mol.